The average Bonchev–Trinajstić information content (AvgIpc) is 2.38. The molecule has 0 heterocycles. The molecule has 20 heavy (non-hydrogen) atoms. The third kappa shape index (κ3) is 3.45. The van der Waals surface area contributed by atoms with Crippen molar-refractivity contribution in [2.45, 2.75) is 13.3 Å². The normalized spacial score (nSPS) is 10.1. The van der Waals surface area contributed by atoms with Gasteiger partial charge in [-0.25, -0.2) is 0 Å². The summed E-state index contributed by atoms with van der Waals surface area (Å²) in [5.41, 5.74) is 3.10. The topological polar surface area (TPSA) is 66.4 Å². The molecule has 0 saturated carbocycles. The van der Waals surface area contributed by atoms with E-state index >= 15 is 0 Å². The number of rotatable bonds is 4. The highest BCUT2D eigenvalue weighted by molar-refractivity contribution is 5.89. The zero-order valence-electron chi connectivity index (χ0n) is 11.1. The first-order valence-electron chi connectivity index (χ1n) is 6.24. The van der Waals surface area contributed by atoms with Crippen molar-refractivity contribution >= 4 is 17.6 Å². The molecule has 0 aliphatic heterocycles. The van der Waals surface area contributed by atoms with Gasteiger partial charge in [0.25, 0.3) is 0 Å². The number of carbonyl (C=O) groups excluding carboxylic acids is 1. The second-order valence-electron chi connectivity index (χ2n) is 4.49. The molecule has 0 aliphatic rings. The van der Waals surface area contributed by atoms with E-state index in [1.165, 1.54) is 6.92 Å². The lowest BCUT2D eigenvalue weighted by atomic mass is 9.97. The molecule has 2 rings (SSSR count). The van der Waals surface area contributed by atoms with Crippen LogP contribution in [0.1, 0.15) is 12.5 Å². The molecular weight excluding hydrogens is 254 g/mol. The molecule has 4 nitrogen and oxygen atoms in total. The smallest absolute Gasteiger partial charge is 0.307 e. The van der Waals surface area contributed by atoms with Crippen LogP contribution in [-0.4, -0.2) is 17.0 Å². The monoisotopic (exact) mass is 269 g/mol. The van der Waals surface area contributed by atoms with Gasteiger partial charge in [-0.05, 0) is 28.8 Å². The third-order valence-corrected chi connectivity index (χ3v) is 2.85. The first-order chi connectivity index (χ1) is 9.56. The summed E-state index contributed by atoms with van der Waals surface area (Å²) >= 11 is 0. The van der Waals surface area contributed by atoms with Gasteiger partial charge in [-0.15, -0.1) is 0 Å². The van der Waals surface area contributed by atoms with Crippen molar-refractivity contribution in [3.63, 3.8) is 0 Å². The Morgan fingerprint density at radius 1 is 1.10 bits per heavy atom. The van der Waals surface area contributed by atoms with E-state index in [0.29, 0.717) is 11.3 Å². The Labute approximate surface area is 117 Å². The fourth-order valence-corrected chi connectivity index (χ4v) is 2.08. The predicted molar refractivity (Wildman–Crippen MR) is 77.5 cm³/mol. The van der Waals surface area contributed by atoms with Gasteiger partial charge in [0, 0.05) is 12.6 Å². The van der Waals surface area contributed by atoms with Crippen molar-refractivity contribution in [2.24, 2.45) is 0 Å². The number of carbonyl (C=O) groups is 2. The molecule has 0 fully saturated rings. The van der Waals surface area contributed by atoms with Crippen LogP contribution in [0.25, 0.3) is 11.1 Å². The SMILES string of the molecule is CC(=O)Nc1ccc(-c2ccccc2)c(CC(=O)O)c1. The number of aliphatic carboxylic acids is 1. The Morgan fingerprint density at radius 2 is 1.80 bits per heavy atom. The quantitative estimate of drug-likeness (QED) is 0.896. The van der Waals surface area contributed by atoms with Crippen LogP contribution in [-0.2, 0) is 16.0 Å². The summed E-state index contributed by atoms with van der Waals surface area (Å²) in [4.78, 5) is 22.1. The van der Waals surface area contributed by atoms with Crippen LogP contribution >= 0.6 is 0 Å². The zero-order chi connectivity index (χ0) is 14.5. The molecule has 0 unspecified atom stereocenters. The molecule has 0 bridgehead atoms. The van der Waals surface area contributed by atoms with Crippen molar-refractivity contribution in [1.82, 2.24) is 0 Å². The van der Waals surface area contributed by atoms with E-state index in [9.17, 15) is 9.59 Å². The first-order valence-corrected chi connectivity index (χ1v) is 6.24. The summed E-state index contributed by atoms with van der Waals surface area (Å²) in [6, 6.07) is 14.9. The van der Waals surface area contributed by atoms with Crippen molar-refractivity contribution in [3.05, 3.63) is 54.1 Å². The molecule has 0 spiro atoms. The summed E-state index contributed by atoms with van der Waals surface area (Å²) in [6.45, 7) is 1.42. The van der Waals surface area contributed by atoms with Gasteiger partial charge in [-0.3, -0.25) is 9.59 Å². The maximum atomic E-state index is 11.1. The molecule has 2 aromatic carbocycles. The van der Waals surface area contributed by atoms with E-state index in [0.717, 1.165) is 11.1 Å². The number of carboxylic acid groups (broad SMARTS) is 1. The van der Waals surface area contributed by atoms with Gasteiger partial charge in [0.2, 0.25) is 5.91 Å². The van der Waals surface area contributed by atoms with Crippen LogP contribution in [0.2, 0.25) is 0 Å². The Hall–Kier alpha value is -2.62. The Balaban J connectivity index is 2.45. The van der Waals surface area contributed by atoms with Crippen molar-refractivity contribution < 1.29 is 14.7 Å². The Morgan fingerprint density at radius 3 is 2.40 bits per heavy atom. The van der Waals surface area contributed by atoms with E-state index in [4.69, 9.17) is 5.11 Å². The molecule has 4 heteroatoms. The first kappa shape index (κ1) is 13.8. The van der Waals surface area contributed by atoms with Crippen molar-refractivity contribution in [2.75, 3.05) is 5.32 Å². The number of nitrogens with one attached hydrogen (secondary N) is 1. The number of hydrogen-bond donors (Lipinski definition) is 2. The molecule has 102 valence electrons. The highest BCUT2D eigenvalue weighted by atomic mass is 16.4. The lowest BCUT2D eigenvalue weighted by molar-refractivity contribution is -0.136. The summed E-state index contributed by atoms with van der Waals surface area (Å²) < 4.78 is 0. The Kier molecular flexibility index (Phi) is 4.15. The highest BCUT2D eigenvalue weighted by Crippen LogP contribution is 2.27. The minimum atomic E-state index is -0.901. The number of benzene rings is 2. The molecule has 0 radical (unpaired) electrons. The molecule has 2 aromatic rings. The van der Waals surface area contributed by atoms with Crippen LogP contribution < -0.4 is 5.32 Å². The Bertz CT molecular complexity index is 635. The molecule has 0 saturated heterocycles. The number of anilines is 1. The third-order valence-electron chi connectivity index (χ3n) is 2.85. The van der Waals surface area contributed by atoms with Gasteiger partial charge >= 0.3 is 5.97 Å². The van der Waals surface area contributed by atoms with E-state index in [1.54, 1.807) is 12.1 Å². The van der Waals surface area contributed by atoms with Crippen LogP contribution in [0.5, 0.6) is 0 Å². The molecule has 2 N–H and O–H groups in total. The van der Waals surface area contributed by atoms with Gasteiger partial charge < -0.3 is 10.4 Å². The van der Waals surface area contributed by atoms with Crippen LogP contribution in [0.4, 0.5) is 5.69 Å². The fraction of sp³-hybridized carbons (Fsp3) is 0.125. The van der Waals surface area contributed by atoms with Gasteiger partial charge in [0.15, 0.2) is 0 Å². The van der Waals surface area contributed by atoms with Gasteiger partial charge in [-0.1, -0.05) is 36.4 Å². The van der Waals surface area contributed by atoms with E-state index < -0.39 is 5.97 Å². The summed E-state index contributed by atoms with van der Waals surface area (Å²) in [5, 5.41) is 11.7. The molecule has 0 aromatic heterocycles. The van der Waals surface area contributed by atoms with Gasteiger partial charge in [0.05, 0.1) is 6.42 Å². The number of hydrogen-bond acceptors (Lipinski definition) is 2. The van der Waals surface area contributed by atoms with E-state index in [1.807, 2.05) is 36.4 Å². The lowest BCUT2D eigenvalue weighted by Gasteiger charge is -2.11. The standard InChI is InChI=1S/C16H15NO3/c1-11(18)17-14-7-8-15(12-5-3-2-4-6-12)13(9-14)10-16(19)20/h2-9H,10H2,1H3,(H,17,18)(H,19,20). The van der Waals surface area contributed by atoms with E-state index in [-0.39, 0.29) is 12.3 Å². The minimum Gasteiger partial charge on any atom is -0.481 e. The zero-order valence-corrected chi connectivity index (χ0v) is 11.1. The second-order valence-corrected chi connectivity index (χ2v) is 4.49. The maximum absolute atomic E-state index is 11.1. The maximum Gasteiger partial charge on any atom is 0.307 e. The summed E-state index contributed by atoms with van der Waals surface area (Å²) in [5.74, 6) is -1.08. The van der Waals surface area contributed by atoms with Crippen LogP contribution in [0.3, 0.4) is 0 Å². The summed E-state index contributed by atoms with van der Waals surface area (Å²) in [6.07, 6.45) is -0.0857. The van der Waals surface area contributed by atoms with Crippen molar-refractivity contribution in [3.8, 4) is 11.1 Å². The molecular formula is C16H15NO3. The fourth-order valence-electron chi connectivity index (χ4n) is 2.08. The second kappa shape index (κ2) is 6.02. The highest BCUT2D eigenvalue weighted by Gasteiger charge is 2.10. The van der Waals surface area contributed by atoms with Crippen LogP contribution in [0, 0.1) is 0 Å². The lowest BCUT2D eigenvalue weighted by Crippen LogP contribution is -2.08. The van der Waals surface area contributed by atoms with E-state index in [2.05, 4.69) is 5.32 Å². The largest absolute Gasteiger partial charge is 0.481 e. The molecule has 0 aliphatic carbocycles. The number of carboxylic acids is 1. The van der Waals surface area contributed by atoms with Crippen LogP contribution in [0.15, 0.2) is 48.5 Å². The molecule has 0 atom stereocenters. The van der Waals surface area contributed by atoms with Gasteiger partial charge in [0.1, 0.15) is 0 Å². The summed E-state index contributed by atoms with van der Waals surface area (Å²) in [7, 11) is 0. The minimum absolute atomic E-state index is 0.0857. The average molecular weight is 269 g/mol. The predicted octanol–water partition coefficient (Wildman–Crippen LogP) is 2.94. The molecule has 1 amide bonds. The van der Waals surface area contributed by atoms with Gasteiger partial charge in [-0.2, -0.15) is 0 Å². The number of amides is 1. The van der Waals surface area contributed by atoms with Crippen molar-refractivity contribution in [1.29, 1.82) is 0 Å².